The van der Waals surface area contributed by atoms with Crippen LogP contribution in [0.3, 0.4) is 0 Å². The van der Waals surface area contributed by atoms with Gasteiger partial charge in [0, 0.05) is 12.8 Å². The highest BCUT2D eigenvalue weighted by Gasteiger charge is 2.27. The smallest absolute Gasteiger partial charge is 0.209 e. The molecule has 0 aliphatic carbocycles. The van der Waals surface area contributed by atoms with Crippen LogP contribution in [0.4, 0.5) is 0 Å². The molecule has 0 aliphatic heterocycles. The lowest BCUT2D eigenvalue weighted by Crippen LogP contribution is -2.24. The molecule has 26 heavy (non-hydrogen) atoms. The molecule has 1 atom stereocenters. The minimum atomic E-state index is -0.589. The van der Waals surface area contributed by atoms with Crippen molar-refractivity contribution in [3.8, 4) is 5.75 Å². The van der Waals surface area contributed by atoms with Gasteiger partial charge in [0.15, 0.2) is 0 Å². The quantitative estimate of drug-likeness (QED) is 0.709. The molecule has 0 spiro atoms. The molecule has 2 rings (SSSR count). The fraction of sp³-hybridized carbons (Fsp3) is 0.632. The van der Waals surface area contributed by atoms with E-state index in [-0.39, 0.29) is 17.4 Å². The zero-order chi connectivity index (χ0) is 19.4. The van der Waals surface area contributed by atoms with E-state index in [0.717, 1.165) is 12.2 Å². The Balaban J connectivity index is 1.84. The maximum atomic E-state index is 10.1. The zero-order valence-electron chi connectivity index (χ0n) is 16.6. The van der Waals surface area contributed by atoms with E-state index in [4.69, 9.17) is 4.74 Å². The van der Waals surface area contributed by atoms with Crippen molar-refractivity contribution in [3.63, 3.8) is 0 Å². The van der Waals surface area contributed by atoms with Crippen LogP contribution in [0, 0.1) is 5.41 Å². The second-order valence-electron chi connectivity index (χ2n) is 8.51. The van der Waals surface area contributed by atoms with Gasteiger partial charge in [-0.2, -0.15) is 0 Å². The third-order valence-corrected chi connectivity index (χ3v) is 5.19. The molecule has 1 aromatic carbocycles. The fourth-order valence-corrected chi connectivity index (χ4v) is 3.94. The van der Waals surface area contributed by atoms with E-state index in [9.17, 15) is 5.11 Å². The van der Waals surface area contributed by atoms with E-state index in [1.165, 1.54) is 17.3 Å². The molecule has 0 saturated carbocycles. The van der Waals surface area contributed by atoms with Crippen molar-refractivity contribution >= 4 is 11.8 Å². The van der Waals surface area contributed by atoms with Crippen molar-refractivity contribution in [1.82, 2.24) is 20.2 Å². The number of aryl methyl sites for hydroxylation is 1. The molecule has 0 amide bonds. The largest absolute Gasteiger partial charge is 0.491 e. The Morgan fingerprint density at radius 3 is 2.35 bits per heavy atom. The SMILES string of the molecule is Cn1nnnc1SC[C@@H](O)COc1ccc(C(C)(C)CC(C)(C)C)cc1. The Hall–Kier alpha value is -1.60. The maximum absolute atomic E-state index is 10.1. The number of ether oxygens (including phenoxy) is 1. The molecule has 6 nitrogen and oxygen atoms in total. The van der Waals surface area contributed by atoms with Crippen LogP contribution in [0.1, 0.15) is 46.6 Å². The van der Waals surface area contributed by atoms with Crippen LogP contribution in [-0.2, 0) is 12.5 Å². The standard InChI is InChI=1S/C19H30N4O2S/c1-18(2,3)13-19(4,5)14-7-9-16(10-8-14)25-11-15(24)12-26-17-20-21-22-23(17)6/h7-10,15,24H,11-13H2,1-6H3/t15-/m0/s1. The predicted octanol–water partition coefficient (Wildman–Crippen LogP) is 3.46. The molecule has 0 saturated heterocycles. The Kier molecular flexibility index (Phi) is 6.69. The van der Waals surface area contributed by atoms with Crippen LogP contribution < -0.4 is 4.74 Å². The average Bonchev–Trinajstić information content (AvgIpc) is 2.94. The molecule has 1 aromatic heterocycles. The summed E-state index contributed by atoms with van der Waals surface area (Å²) in [5, 5.41) is 22.0. The summed E-state index contributed by atoms with van der Waals surface area (Å²) in [4.78, 5) is 0. The van der Waals surface area contributed by atoms with Crippen LogP contribution in [0.2, 0.25) is 0 Å². The van der Waals surface area contributed by atoms with E-state index >= 15 is 0 Å². The molecule has 0 aliphatic rings. The van der Waals surface area contributed by atoms with Gasteiger partial charge in [0.05, 0.1) is 6.10 Å². The molecule has 7 heteroatoms. The predicted molar refractivity (Wildman–Crippen MR) is 105 cm³/mol. The highest BCUT2D eigenvalue weighted by Crippen LogP contribution is 2.36. The van der Waals surface area contributed by atoms with Crippen molar-refractivity contribution in [2.24, 2.45) is 12.5 Å². The van der Waals surface area contributed by atoms with Crippen molar-refractivity contribution < 1.29 is 9.84 Å². The number of aliphatic hydroxyl groups is 1. The first kappa shape index (κ1) is 20.7. The van der Waals surface area contributed by atoms with E-state index in [1.807, 2.05) is 12.1 Å². The number of tetrazole rings is 1. The van der Waals surface area contributed by atoms with Gasteiger partial charge >= 0.3 is 0 Å². The molecule has 0 unspecified atom stereocenters. The summed E-state index contributed by atoms with van der Waals surface area (Å²) in [6.07, 6.45) is 0.515. The number of hydrogen-bond acceptors (Lipinski definition) is 6. The van der Waals surface area contributed by atoms with Gasteiger partial charge in [-0.15, -0.1) is 5.10 Å². The van der Waals surface area contributed by atoms with Gasteiger partial charge in [-0.25, -0.2) is 4.68 Å². The van der Waals surface area contributed by atoms with Crippen LogP contribution in [0.15, 0.2) is 29.4 Å². The molecular weight excluding hydrogens is 348 g/mol. The average molecular weight is 379 g/mol. The summed E-state index contributed by atoms with van der Waals surface area (Å²) in [6, 6.07) is 8.19. The monoisotopic (exact) mass is 378 g/mol. The molecule has 2 aromatic rings. The van der Waals surface area contributed by atoms with E-state index in [0.29, 0.717) is 10.9 Å². The minimum Gasteiger partial charge on any atom is -0.491 e. The summed E-state index contributed by atoms with van der Waals surface area (Å²) < 4.78 is 7.29. The lowest BCUT2D eigenvalue weighted by atomic mass is 9.72. The third kappa shape index (κ3) is 6.29. The summed E-state index contributed by atoms with van der Waals surface area (Å²) in [7, 11) is 1.77. The summed E-state index contributed by atoms with van der Waals surface area (Å²) in [6.45, 7) is 11.6. The van der Waals surface area contributed by atoms with E-state index in [1.54, 1.807) is 11.7 Å². The van der Waals surface area contributed by atoms with Crippen molar-refractivity contribution in [1.29, 1.82) is 0 Å². The van der Waals surface area contributed by atoms with Crippen molar-refractivity contribution in [2.75, 3.05) is 12.4 Å². The molecular formula is C19H30N4O2S. The van der Waals surface area contributed by atoms with Crippen molar-refractivity contribution in [3.05, 3.63) is 29.8 Å². The number of thioether (sulfide) groups is 1. The van der Waals surface area contributed by atoms with Crippen LogP contribution in [-0.4, -0.2) is 43.8 Å². The molecule has 144 valence electrons. The number of hydrogen-bond donors (Lipinski definition) is 1. The lowest BCUT2D eigenvalue weighted by Gasteiger charge is -2.33. The first-order valence-electron chi connectivity index (χ1n) is 8.83. The molecule has 0 radical (unpaired) electrons. The Morgan fingerprint density at radius 1 is 1.15 bits per heavy atom. The maximum Gasteiger partial charge on any atom is 0.209 e. The number of rotatable bonds is 8. The van der Waals surface area contributed by atoms with Gasteiger partial charge < -0.3 is 9.84 Å². The van der Waals surface area contributed by atoms with Gasteiger partial charge in [0.2, 0.25) is 5.16 Å². The number of aromatic nitrogens is 4. The molecule has 1 N–H and O–H groups in total. The first-order chi connectivity index (χ1) is 12.1. The molecule has 0 bridgehead atoms. The normalized spacial score (nSPS) is 13.7. The number of benzene rings is 1. The van der Waals surface area contributed by atoms with Crippen molar-refractivity contribution in [2.45, 2.75) is 57.7 Å². The highest BCUT2D eigenvalue weighted by molar-refractivity contribution is 7.99. The molecule has 0 fully saturated rings. The second kappa shape index (κ2) is 8.39. The van der Waals surface area contributed by atoms with Gasteiger partial charge in [-0.1, -0.05) is 58.5 Å². The van der Waals surface area contributed by atoms with Gasteiger partial charge in [0.25, 0.3) is 0 Å². The van der Waals surface area contributed by atoms with E-state index < -0.39 is 6.10 Å². The van der Waals surface area contributed by atoms with Gasteiger partial charge in [-0.3, -0.25) is 0 Å². The topological polar surface area (TPSA) is 73.1 Å². The Morgan fingerprint density at radius 2 is 1.81 bits per heavy atom. The minimum absolute atomic E-state index is 0.108. The summed E-state index contributed by atoms with van der Waals surface area (Å²) >= 11 is 1.40. The van der Waals surface area contributed by atoms with Crippen LogP contribution in [0.25, 0.3) is 0 Å². The Labute approximate surface area is 160 Å². The van der Waals surface area contributed by atoms with E-state index in [2.05, 4.69) is 62.3 Å². The zero-order valence-corrected chi connectivity index (χ0v) is 17.4. The van der Waals surface area contributed by atoms with Gasteiger partial charge in [-0.05, 0) is 45.4 Å². The first-order valence-corrected chi connectivity index (χ1v) is 9.82. The summed E-state index contributed by atoms with van der Waals surface area (Å²) in [5.41, 5.74) is 1.68. The lowest BCUT2D eigenvalue weighted by molar-refractivity contribution is 0.126. The Bertz CT molecular complexity index is 692. The number of nitrogens with zero attached hydrogens (tertiary/aromatic N) is 4. The second-order valence-corrected chi connectivity index (χ2v) is 9.49. The highest BCUT2D eigenvalue weighted by atomic mass is 32.2. The number of aliphatic hydroxyl groups excluding tert-OH is 1. The molecule has 1 heterocycles. The summed E-state index contributed by atoms with van der Waals surface area (Å²) in [5.74, 6) is 1.25. The van der Waals surface area contributed by atoms with Crippen LogP contribution >= 0.6 is 11.8 Å². The van der Waals surface area contributed by atoms with Gasteiger partial charge in [0.1, 0.15) is 12.4 Å². The van der Waals surface area contributed by atoms with Crippen LogP contribution in [0.5, 0.6) is 5.75 Å². The third-order valence-electron chi connectivity index (χ3n) is 4.04. The fourth-order valence-electron chi connectivity index (χ4n) is 3.19.